The molecule has 0 amide bonds. The minimum atomic E-state index is -0.412. The van der Waals surface area contributed by atoms with Gasteiger partial charge in [0.1, 0.15) is 5.82 Å². The van der Waals surface area contributed by atoms with Crippen LogP contribution < -0.4 is 0 Å². The molecule has 1 heterocycles. The Morgan fingerprint density at radius 2 is 1.94 bits per heavy atom. The first-order valence-corrected chi connectivity index (χ1v) is 6.90. The van der Waals surface area contributed by atoms with E-state index in [-0.39, 0.29) is 5.54 Å². The van der Waals surface area contributed by atoms with Gasteiger partial charge < -0.3 is 9.67 Å². The normalized spacial score (nSPS) is 14.2. The zero-order chi connectivity index (χ0) is 13.8. The summed E-state index contributed by atoms with van der Waals surface area (Å²) >= 11 is 0. The Labute approximate surface area is 111 Å². The topological polar surface area (TPSA) is 41.3 Å². The number of likely N-dealkylation sites (N-methyl/N-ethyl adjacent to an activating group) is 1. The molecule has 1 atom stereocenters. The molecule has 0 saturated carbocycles. The van der Waals surface area contributed by atoms with Crippen LogP contribution in [0.3, 0.4) is 0 Å². The van der Waals surface area contributed by atoms with E-state index < -0.39 is 6.10 Å². The zero-order valence-electron chi connectivity index (χ0n) is 12.3. The number of imidazole rings is 1. The van der Waals surface area contributed by atoms with Crippen LogP contribution in [0.15, 0.2) is 12.4 Å². The number of aromatic nitrogens is 2. The van der Waals surface area contributed by atoms with Crippen molar-refractivity contribution in [3.05, 3.63) is 18.2 Å². The van der Waals surface area contributed by atoms with Crippen LogP contribution in [0.4, 0.5) is 0 Å². The molecule has 0 aliphatic carbocycles. The number of rotatable bonds is 7. The lowest BCUT2D eigenvalue weighted by Gasteiger charge is -2.40. The second-order valence-electron chi connectivity index (χ2n) is 5.18. The molecule has 1 N–H and O–H groups in total. The van der Waals surface area contributed by atoms with Gasteiger partial charge >= 0.3 is 0 Å². The molecular formula is C14H27N3O. The molecule has 4 heteroatoms. The zero-order valence-corrected chi connectivity index (χ0v) is 12.3. The number of hydrogen-bond acceptors (Lipinski definition) is 3. The fourth-order valence-electron chi connectivity index (χ4n) is 2.49. The fraction of sp³-hybridized carbons (Fsp3) is 0.786. The van der Waals surface area contributed by atoms with Gasteiger partial charge in [-0.15, -0.1) is 0 Å². The van der Waals surface area contributed by atoms with Gasteiger partial charge in [0.15, 0.2) is 0 Å². The molecule has 1 rings (SSSR count). The van der Waals surface area contributed by atoms with Crippen molar-refractivity contribution in [3.63, 3.8) is 0 Å². The first-order chi connectivity index (χ1) is 8.47. The summed E-state index contributed by atoms with van der Waals surface area (Å²) in [5.74, 6) is 0.963. The van der Waals surface area contributed by atoms with Crippen molar-refractivity contribution < 1.29 is 5.11 Å². The van der Waals surface area contributed by atoms with E-state index in [1.807, 2.05) is 6.20 Å². The number of hydrogen-bond donors (Lipinski definition) is 1. The maximum Gasteiger partial charge on any atom is 0.111 e. The molecule has 0 aliphatic rings. The average Bonchev–Trinajstić information content (AvgIpc) is 2.77. The smallest absolute Gasteiger partial charge is 0.111 e. The molecule has 0 fully saturated rings. The molecule has 18 heavy (non-hydrogen) atoms. The fourth-order valence-corrected chi connectivity index (χ4v) is 2.49. The highest BCUT2D eigenvalue weighted by atomic mass is 16.3. The standard InChI is InChI=1S/C14H27N3O/c1-6-16-10-9-15-13(16)11-12(18)14(4,5)17(7-2)8-3/h9-10,12,18H,6-8,11H2,1-5H3. The first-order valence-electron chi connectivity index (χ1n) is 6.90. The van der Waals surface area contributed by atoms with Gasteiger partial charge in [0.05, 0.1) is 6.10 Å². The highest BCUT2D eigenvalue weighted by molar-refractivity contribution is 4.99. The van der Waals surface area contributed by atoms with Gasteiger partial charge in [0.2, 0.25) is 0 Å². The molecule has 1 aromatic rings. The number of aliphatic hydroxyl groups is 1. The van der Waals surface area contributed by atoms with E-state index in [0.717, 1.165) is 25.5 Å². The first kappa shape index (κ1) is 15.2. The molecule has 0 aliphatic heterocycles. The van der Waals surface area contributed by atoms with Crippen molar-refractivity contribution in [1.29, 1.82) is 0 Å². The molecule has 1 unspecified atom stereocenters. The van der Waals surface area contributed by atoms with Crippen LogP contribution >= 0.6 is 0 Å². The number of nitrogens with zero attached hydrogens (tertiary/aromatic N) is 3. The van der Waals surface area contributed by atoms with E-state index in [1.165, 1.54) is 0 Å². The van der Waals surface area contributed by atoms with E-state index in [2.05, 4.69) is 49.1 Å². The third kappa shape index (κ3) is 3.12. The highest BCUT2D eigenvalue weighted by Gasteiger charge is 2.33. The quantitative estimate of drug-likeness (QED) is 0.807. The lowest BCUT2D eigenvalue weighted by Crippen LogP contribution is -2.53. The molecule has 0 radical (unpaired) electrons. The Morgan fingerprint density at radius 3 is 2.44 bits per heavy atom. The molecule has 0 aromatic carbocycles. The Morgan fingerprint density at radius 1 is 1.33 bits per heavy atom. The minimum absolute atomic E-state index is 0.228. The molecule has 1 aromatic heterocycles. The highest BCUT2D eigenvalue weighted by Crippen LogP contribution is 2.21. The molecular weight excluding hydrogens is 226 g/mol. The van der Waals surface area contributed by atoms with Gasteiger partial charge in [-0.05, 0) is 33.9 Å². The van der Waals surface area contributed by atoms with E-state index in [0.29, 0.717) is 6.42 Å². The Bertz CT molecular complexity index is 356. The van der Waals surface area contributed by atoms with Crippen LogP contribution in [0.5, 0.6) is 0 Å². The van der Waals surface area contributed by atoms with Crippen LogP contribution in [0.25, 0.3) is 0 Å². The van der Waals surface area contributed by atoms with Gasteiger partial charge in [0.25, 0.3) is 0 Å². The average molecular weight is 253 g/mol. The summed E-state index contributed by atoms with van der Waals surface area (Å²) in [7, 11) is 0. The van der Waals surface area contributed by atoms with Crippen LogP contribution in [-0.4, -0.2) is 44.3 Å². The third-order valence-corrected chi connectivity index (χ3v) is 3.91. The van der Waals surface area contributed by atoms with Gasteiger partial charge in [-0.1, -0.05) is 13.8 Å². The lowest BCUT2D eigenvalue weighted by molar-refractivity contribution is -0.00555. The van der Waals surface area contributed by atoms with Crippen molar-refractivity contribution >= 4 is 0 Å². The number of aryl methyl sites for hydroxylation is 1. The predicted octanol–water partition coefficient (Wildman–Crippen LogP) is 1.93. The maximum absolute atomic E-state index is 10.5. The predicted molar refractivity (Wildman–Crippen MR) is 74.6 cm³/mol. The van der Waals surface area contributed by atoms with Gasteiger partial charge in [-0.3, -0.25) is 4.90 Å². The second kappa shape index (κ2) is 6.34. The molecule has 0 bridgehead atoms. The Balaban J connectivity index is 2.78. The van der Waals surface area contributed by atoms with E-state index in [9.17, 15) is 5.11 Å². The van der Waals surface area contributed by atoms with Crippen LogP contribution in [-0.2, 0) is 13.0 Å². The van der Waals surface area contributed by atoms with Gasteiger partial charge in [-0.2, -0.15) is 0 Å². The number of aliphatic hydroxyl groups excluding tert-OH is 1. The maximum atomic E-state index is 10.5. The summed E-state index contributed by atoms with van der Waals surface area (Å²) in [6.45, 7) is 13.3. The Kier molecular flexibility index (Phi) is 5.35. The lowest BCUT2D eigenvalue weighted by atomic mass is 9.92. The minimum Gasteiger partial charge on any atom is -0.391 e. The largest absolute Gasteiger partial charge is 0.391 e. The van der Waals surface area contributed by atoms with E-state index in [4.69, 9.17) is 0 Å². The van der Waals surface area contributed by atoms with Gasteiger partial charge in [-0.25, -0.2) is 4.98 Å². The molecule has 0 spiro atoms. The van der Waals surface area contributed by atoms with Crippen molar-refractivity contribution in [2.45, 2.75) is 59.2 Å². The van der Waals surface area contributed by atoms with Crippen LogP contribution in [0.1, 0.15) is 40.4 Å². The SMILES string of the molecule is CCN(CC)C(C)(C)C(O)Cc1nccn1CC. The summed E-state index contributed by atoms with van der Waals surface area (Å²) in [5.41, 5.74) is -0.228. The third-order valence-electron chi connectivity index (χ3n) is 3.91. The molecule has 104 valence electrons. The second-order valence-corrected chi connectivity index (χ2v) is 5.18. The van der Waals surface area contributed by atoms with Crippen molar-refractivity contribution in [3.8, 4) is 0 Å². The summed E-state index contributed by atoms with van der Waals surface area (Å²) in [5, 5.41) is 10.5. The van der Waals surface area contributed by atoms with Gasteiger partial charge in [0, 0.05) is 30.9 Å². The molecule has 0 saturated heterocycles. The monoisotopic (exact) mass is 253 g/mol. The van der Waals surface area contributed by atoms with Crippen LogP contribution in [0.2, 0.25) is 0 Å². The Hall–Kier alpha value is -0.870. The van der Waals surface area contributed by atoms with Crippen molar-refractivity contribution in [2.24, 2.45) is 0 Å². The van der Waals surface area contributed by atoms with E-state index in [1.54, 1.807) is 6.20 Å². The summed E-state index contributed by atoms with van der Waals surface area (Å²) in [4.78, 5) is 6.62. The summed E-state index contributed by atoms with van der Waals surface area (Å²) < 4.78 is 2.08. The van der Waals surface area contributed by atoms with E-state index >= 15 is 0 Å². The molecule has 4 nitrogen and oxygen atoms in total. The van der Waals surface area contributed by atoms with Crippen LogP contribution in [0, 0.1) is 0 Å². The summed E-state index contributed by atoms with van der Waals surface area (Å²) in [6, 6.07) is 0. The van der Waals surface area contributed by atoms with Crippen molar-refractivity contribution in [1.82, 2.24) is 14.5 Å². The summed E-state index contributed by atoms with van der Waals surface area (Å²) in [6.07, 6.45) is 3.96. The van der Waals surface area contributed by atoms with Crippen molar-refractivity contribution in [2.75, 3.05) is 13.1 Å².